The maximum atomic E-state index is 10.6. The zero-order valence-corrected chi connectivity index (χ0v) is 10.2. The maximum Gasteiger partial charge on any atom is 0.218 e. The topological polar surface area (TPSA) is 73.6 Å². The Morgan fingerprint density at radius 1 is 1.35 bits per heavy atom. The van der Waals surface area contributed by atoms with Gasteiger partial charge in [0.25, 0.3) is 0 Å². The van der Waals surface area contributed by atoms with E-state index in [1.165, 1.54) is 0 Å². The lowest BCUT2D eigenvalue weighted by Crippen LogP contribution is -2.21. The van der Waals surface area contributed by atoms with E-state index in [4.69, 9.17) is 15.2 Å². The molecule has 1 aromatic carbocycles. The fourth-order valence-electron chi connectivity index (χ4n) is 1.45. The van der Waals surface area contributed by atoms with E-state index in [-0.39, 0.29) is 5.91 Å². The summed E-state index contributed by atoms with van der Waals surface area (Å²) in [5.74, 6) is 1.25. The zero-order valence-electron chi connectivity index (χ0n) is 10.2. The first kappa shape index (κ1) is 13.3. The third-order valence-corrected chi connectivity index (χ3v) is 2.35. The lowest BCUT2D eigenvalue weighted by atomic mass is 10.2. The van der Waals surface area contributed by atoms with Crippen LogP contribution in [0, 0.1) is 0 Å². The van der Waals surface area contributed by atoms with Crippen molar-refractivity contribution in [1.29, 1.82) is 0 Å². The van der Waals surface area contributed by atoms with Crippen LogP contribution < -0.4 is 20.5 Å². The summed E-state index contributed by atoms with van der Waals surface area (Å²) in [6.45, 7) is 1.16. The van der Waals surface area contributed by atoms with Crippen LogP contribution in [-0.2, 0) is 11.3 Å². The van der Waals surface area contributed by atoms with Crippen molar-refractivity contribution in [2.45, 2.75) is 13.0 Å². The molecule has 0 aliphatic heterocycles. The first-order chi connectivity index (χ1) is 8.17. The van der Waals surface area contributed by atoms with Crippen LogP contribution >= 0.6 is 0 Å². The standard InChI is InChI=1S/C12H18N2O3/c1-16-10-3-4-11(17-2)9(7-10)8-14-6-5-12(13)15/h3-4,7,14H,5-6,8H2,1-2H3,(H2,13,15). The Morgan fingerprint density at radius 2 is 2.12 bits per heavy atom. The van der Waals surface area contributed by atoms with Crippen molar-refractivity contribution in [2.75, 3.05) is 20.8 Å². The molecule has 0 heterocycles. The summed E-state index contributed by atoms with van der Waals surface area (Å²) in [7, 11) is 3.24. The number of benzene rings is 1. The monoisotopic (exact) mass is 238 g/mol. The minimum atomic E-state index is -0.310. The average molecular weight is 238 g/mol. The largest absolute Gasteiger partial charge is 0.497 e. The van der Waals surface area contributed by atoms with Gasteiger partial charge in [0.05, 0.1) is 14.2 Å². The van der Waals surface area contributed by atoms with Gasteiger partial charge in [0.2, 0.25) is 5.91 Å². The minimum Gasteiger partial charge on any atom is -0.497 e. The van der Waals surface area contributed by atoms with Crippen molar-refractivity contribution >= 4 is 5.91 Å². The molecule has 0 aromatic heterocycles. The summed E-state index contributed by atoms with van der Waals surface area (Å²) in [5.41, 5.74) is 6.03. The van der Waals surface area contributed by atoms with Gasteiger partial charge in [-0.15, -0.1) is 0 Å². The SMILES string of the molecule is COc1ccc(OC)c(CNCCC(N)=O)c1. The van der Waals surface area contributed by atoms with Crippen molar-refractivity contribution in [2.24, 2.45) is 5.73 Å². The number of nitrogens with two attached hydrogens (primary N) is 1. The highest BCUT2D eigenvalue weighted by Crippen LogP contribution is 2.23. The third kappa shape index (κ3) is 4.32. The molecule has 1 rings (SSSR count). The molecular formula is C12H18N2O3. The van der Waals surface area contributed by atoms with E-state index in [1.54, 1.807) is 14.2 Å². The lowest BCUT2D eigenvalue weighted by molar-refractivity contribution is -0.117. The van der Waals surface area contributed by atoms with E-state index < -0.39 is 0 Å². The van der Waals surface area contributed by atoms with Crippen LogP contribution in [0.25, 0.3) is 0 Å². The molecule has 1 amide bonds. The van der Waals surface area contributed by atoms with E-state index in [1.807, 2.05) is 18.2 Å². The van der Waals surface area contributed by atoms with Crippen LogP contribution in [0.4, 0.5) is 0 Å². The van der Waals surface area contributed by atoms with Gasteiger partial charge in [-0.3, -0.25) is 4.79 Å². The van der Waals surface area contributed by atoms with Gasteiger partial charge in [-0.25, -0.2) is 0 Å². The molecule has 0 spiro atoms. The molecule has 0 atom stereocenters. The molecule has 3 N–H and O–H groups in total. The number of methoxy groups -OCH3 is 2. The molecule has 0 radical (unpaired) electrons. The molecule has 0 bridgehead atoms. The number of hydrogen-bond donors (Lipinski definition) is 2. The quantitative estimate of drug-likeness (QED) is 0.685. The Morgan fingerprint density at radius 3 is 2.71 bits per heavy atom. The van der Waals surface area contributed by atoms with Gasteiger partial charge in [-0.05, 0) is 18.2 Å². The third-order valence-electron chi connectivity index (χ3n) is 2.35. The molecule has 0 saturated heterocycles. The molecule has 5 nitrogen and oxygen atoms in total. The Labute approximate surface area is 101 Å². The summed E-state index contributed by atoms with van der Waals surface area (Å²) in [6.07, 6.45) is 0.326. The van der Waals surface area contributed by atoms with Crippen LogP contribution in [0.5, 0.6) is 11.5 Å². The summed E-state index contributed by atoms with van der Waals surface area (Å²) in [4.78, 5) is 10.6. The van der Waals surface area contributed by atoms with Gasteiger partial charge in [0.1, 0.15) is 11.5 Å². The number of primary amides is 1. The summed E-state index contributed by atoms with van der Waals surface area (Å²) in [6, 6.07) is 5.59. The van der Waals surface area contributed by atoms with Gasteiger partial charge in [0.15, 0.2) is 0 Å². The molecule has 17 heavy (non-hydrogen) atoms. The fraction of sp³-hybridized carbons (Fsp3) is 0.417. The van der Waals surface area contributed by atoms with Crippen LogP contribution in [0.3, 0.4) is 0 Å². The Bertz CT molecular complexity index is 380. The molecule has 1 aromatic rings. The molecule has 0 saturated carbocycles. The van der Waals surface area contributed by atoms with Gasteiger partial charge < -0.3 is 20.5 Å². The number of carbonyl (C=O) groups is 1. The van der Waals surface area contributed by atoms with Gasteiger partial charge in [-0.2, -0.15) is 0 Å². The van der Waals surface area contributed by atoms with E-state index in [0.29, 0.717) is 19.5 Å². The van der Waals surface area contributed by atoms with E-state index in [9.17, 15) is 4.79 Å². The highest BCUT2D eigenvalue weighted by Gasteiger charge is 2.04. The van der Waals surface area contributed by atoms with Crippen molar-refractivity contribution in [1.82, 2.24) is 5.32 Å². The minimum absolute atomic E-state index is 0.310. The molecule has 5 heteroatoms. The molecular weight excluding hydrogens is 220 g/mol. The lowest BCUT2D eigenvalue weighted by Gasteiger charge is -2.11. The smallest absolute Gasteiger partial charge is 0.218 e. The second kappa shape index (κ2) is 6.75. The predicted molar refractivity (Wildman–Crippen MR) is 65.1 cm³/mol. The fourth-order valence-corrected chi connectivity index (χ4v) is 1.45. The molecule has 0 aliphatic carbocycles. The number of carbonyl (C=O) groups excluding carboxylic acids is 1. The number of amides is 1. The maximum absolute atomic E-state index is 10.6. The molecule has 0 fully saturated rings. The van der Waals surface area contributed by atoms with Crippen molar-refractivity contribution in [3.05, 3.63) is 23.8 Å². The highest BCUT2D eigenvalue weighted by molar-refractivity contribution is 5.73. The Hall–Kier alpha value is -1.75. The van der Waals surface area contributed by atoms with Gasteiger partial charge >= 0.3 is 0 Å². The van der Waals surface area contributed by atoms with E-state index in [2.05, 4.69) is 5.32 Å². The first-order valence-electron chi connectivity index (χ1n) is 5.37. The number of nitrogens with one attached hydrogen (secondary N) is 1. The predicted octanol–water partition coefficient (Wildman–Crippen LogP) is 0.669. The molecule has 0 aliphatic rings. The number of rotatable bonds is 7. The summed E-state index contributed by atoms with van der Waals surface area (Å²) in [5, 5.41) is 3.12. The van der Waals surface area contributed by atoms with Gasteiger partial charge in [-0.1, -0.05) is 0 Å². The van der Waals surface area contributed by atoms with Crippen LogP contribution in [0.15, 0.2) is 18.2 Å². The second-order valence-corrected chi connectivity index (χ2v) is 3.57. The molecule has 94 valence electrons. The highest BCUT2D eigenvalue weighted by atomic mass is 16.5. The number of ether oxygens (including phenoxy) is 2. The van der Waals surface area contributed by atoms with E-state index >= 15 is 0 Å². The summed E-state index contributed by atoms with van der Waals surface area (Å²) >= 11 is 0. The summed E-state index contributed by atoms with van der Waals surface area (Å²) < 4.78 is 10.4. The van der Waals surface area contributed by atoms with Crippen molar-refractivity contribution < 1.29 is 14.3 Å². The van der Waals surface area contributed by atoms with Crippen molar-refractivity contribution in [3.8, 4) is 11.5 Å². The Balaban J connectivity index is 2.58. The van der Waals surface area contributed by atoms with Gasteiger partial charge in [0, 0.05) is 25.1 Å². The normalized spacial score (nSPS) is 10.0. The van der Waals surface area contributed by atoms with Crippen LogP contribution in [-0.4, -0.2) is 26.7 Å². The van der Waals surface area contributed by atoms with Crippen LogP contribution in [0.1, 0.15) is 12.0 Å². The van der Waals surface area contributed by atoms with Crippen LogP contribution in [0.2, 0.25) is 0 Å². The number of hydrogen-bond acceptors (Lipinski definition) is 4. The molecule has 0 unspecified atom stereocenters. The first-order valence-corrected chi connectivity index (χ1v) is 5.37. The average Bonchev–Trinajstić information content (AvgIpc) is 2.34. The van der Waals surface area contributed by atoms with Crippen molar-refractivity contribution in [3.63, 3.8) is 0 Å². The van der Waals surface area contributed by atoms with E-state index in [0.717, 1.165) is 17.1 Å². The zero-order chi connectivity index (χ0) is 12.7. The second-order valence-electron chi connectivity index (χ2n) is 3.57. The Kier molecular flexibility index (Phi) is 5.29.